The molecule has 2 N–H and O–H groups in total. The molecule has 1 aliphatic heterocycles. The molecule has 1 aromatic rings. The number of hydrogen-bond acceptors (Lipinski definition) is 3. The topological polar surface area (TPSA) is 59.0 Å². The van der Waals surface area contributed by atoms with Gasteiger partial charge in [-0.25, -0.2) is 0 Å². The molecule has 2 rings (SSSR count). The smallest absolute Gasteiger partial charge is 0.225 e. The first-order chi connectivity index (χ1) is 8.28. The number of carbonyl (C=O) groups is 1. The van der Waals surface area contributed by atoms with Crippen molar-refractivity contribution < 1.29 is 4.79 Å². The molecule has 1 aromatic heterocycles. The van der Waals surface area contributed by atoms with Crippen molar-refractivity contribution in [3.05, 3.63) is 12.3 Å². The lowest BCUT2D eigenvalue weighted by Crippen LogP contribution is -2.30. The Morgan fingerprint density at radius 2 is 2.28 bits per heavy atom. The van der Waals surface area contributed by atoms with E-state index in [0.717, 1.165) is 32.5 Å². The minimum absolute atomic E-state index is 0. The summed E-state index contributed by atoms with van der Waals surface area (Å²) < 4.78 is 1.81. The van der Waals surface area contributed by atoms with Gasteiger partial charge in [0.05, 0.1) is 0 Å². The first-order valence-electron chi connectivity index (χ1n) is 6.32. The first kappa shape index (κ1) is 15.0. The van der Waals surface area contributed by atoms with E-state index in [4.69, 9.17) is 0 Å². The molecule has 1 amide bonds. The van der Waals surface area contributed by atoms with E-state index in [2.05, 4.69) is 15.7 Å². The van der Waals surface area contributed by atoms with Crippen LogP contribution in [0.25, 0.3) is 0 Å². The number of hydrogen-bond donors (Lipinski definition) is 2. The highest BCUT2D eigenvalue weighted by Gasteiger charge is 2.17. The van der Waals surface area contributed by atoms with Gasteiger partial charge in [0.1, 0.15) is 0 Å². The van der Waals surface area contributed by atoms with Crippen molar-refractivity contribution in [1.82, 2.24) is 15.1 Å². The van der Waals surface area contributed by atoms with Crippen molar-refractivity contribution in [2.75, 3.05) is 18.4 Å². The second-order valence-electron chi connectivity index (χ2n) is 4.50. The van der Waals surface area contributed by atoms with Gasteiger partial charge in [-0.2, -0.15) is 5.10 Å². The second kappa shape index (κ2) is 7.38. The molecule has 2 heterocycles. The molecule has 0 radical (unpaired) electrons. The molecular formula is C12H21ClN4O. The summed E-state index contributed by atoms with van der Waals surface area (Å²) in [7, 11) is 0. The maximum Gasteiger partial charge on any atom is 0.225 e. The van der Waals surface area contributed by atoms with Gasteiger partial charge in [0, 0.05) is 25.2 Å². The summed E-state index contributed by atoms with van der Waals surface area (Å²) in [5, 5.41) is 10.4. The minimum Gasteiger partial charge on any atom is -0.317 e. The Bertz CT molecular complexity index is 374. The van der Waals surface area contributed by atoms with Crippen molar-refractivity contribution in [2.24, 2.45) is 5.92 Å². The lowest BCUT2D eigenvalue weighted by molar-refractivity contribution is -0.117. The van der Waals surface area contributed by atoms with Crippen molar-refractivity contribution in [1.29, 1.82) is 0 Å². The largest absolute Gasteiger partial charge is 0.317 e. The van der Waals surface area contributed by atoms with E-state index in [1.54, 1.807) is 4.68 Å². The van der Waals surface area contributed by atoms with Gasteiger partial charge in [-0.15, -0.1) is 12.4 Å². The zero-order valence-corrected chi connectivity index (χ0v) is 11.5. The van der Waals surface area contributed by atoms with Crippen molar-refractivity contribution >= 4 is 24.1 Å². The third-order valence-electron chi connectivity index (χ3n) is 3.16. The lowest BCUT2D eigenvalue weighted by Gasteiger charge is -2.21. The predicted molar refractivity (Wildman–Crippen MR) is 74.0 cm³/mol. The zero-order valence-electron chi connectivity index (χ0n) is 10.7. The van der Waals surface area contributed by atoms with Crippen LogP contribution in [0.1, 0.15) is 26.2 Å². The van der Waals surface area contributed by atoms with Crippen LogP contribution in [0.4, 0.5) is 5.82 Å². The molecule has 0 unspecified atom stereocenters. The number of carbonyl (C=O) groups excluding carboxylic acids is 1. The Morgan fingerprint density at radius 3 is 2.89 bits per heavy atom. The van der Waals surface area contributed by atoms with Gasteiger partial charge in [0.15, 0.2) is 5.82 Å². The van der Waals surface area contributed by atoms with Crippen LogP contribution >= 0.6 is 12.4 Å². The molecule has 6 heteroatoms. The van der Waals surface area contributed by atoms with E-state index in [1.165, 1.54) is 0 Å². The zero-order chi connectivity index (χ0) is 12.1. The lowest BCUT2D eigenvalue weighted by atomic mass is 9.94. The summed E-state index contributed by atoms with van der Waals surface area (Å²) in [6, 6.07) is 1.84. The second-order valence-corrected chi connectivity index (χ2v) is 4.50. The fraction of sp³-hybridized carbons (Fsp3) is 0.667. The highest BCUT2D eigenvalue weighted by Crippen LogP contribution is 2.16. The number of halogens is 1. The number of nitrogens with zero attached hydrogens (tertiary/aromatic N) is 2. The third-order valence-corrected chi connectivity index (χ3v) is 3.16. The summed E-state index contributed by atoms with van der Waals surface area (Å²) in [4.78, 5) is 11.8. The highest BCUT2D eigenvalue weighted by atomic mass is 35.5. The highest BCUT2D eigenvalue weighted by molar-refractivity contribution is 5.89. The van der Waals surface area contributed by atoms with E-state index in [-0.39, 0.29) is 18.3 Å². The summed E-state index contributed by atoms with van der Waals surface area (Å²) in [5.41, 5.74) is 0. The molecule has 1 fully saturated rings. The molecule has 0 atom stereocenters. The van der Waals surface area contributed by atoms with Gasteiger partial charge in [-0.05, 0) is 38.8 Å². The molecule has 18 heavy (non-hydrogen) atoms. The van der Waals surface area contributed by atoms with Crippen LogP contribution in [0.15, 0.2) is 12.3 Å². The van der Waals surface area contributed by atoms with Gasteiger partial charge in [0.2, 0.25) is 5.91 Å². The Balaban J connectivity index is 0.00000162. The average Bonchev–Trinajstić information content (AvgIpc) is 2.78. The van der Waals surface area contributed by atoms with E-state index < -0.39 is 0 Å². The third kappa shape index (κ3) is 4.31. The van der Waals surface area contributed by atoms with Crippen LogP contribution in [-0.4, -0.2) is 28.8 Å². The van der Waals surface area contributed by atoms with Crippen LogP contribution < -0.4 is 10.6 Å². The Morgan fingerprint density at radius 1 is 1.56 bits per heavy atom. The number of piperidine rings is 1. The van der Waals surface area contributed by atoms with E-state index >= 15 is 0 Å². The molecule has 0 saturated carbocycles. The monoisotopic (exact) mass is 272 g/mol. The Kier molecular flexibility index (Phi) is 6.15. The minimum atomic E-state index is 0. The van der Waals surface area contributed by atoms with E-state index in [1.807, 2.05) is 19.2 Å². The Hall–Kier alpha value is -1.07. The Labute approximate surface area is 114 Å². The maximum absolute atomic E-state index is 11.8. The molecule has 0 spiro atoms. The standard InChI is InChI=1S/C12H20N4O.ClH/c1-2-16-8-5-11(15-16)14-12(17)9-10-3-6-13-7-4-10;/h5,8,10,13H,2-4,6-7,9H2,1H3,(H,14,15,17);1H. The van der Waals surface area contributed by atoms with Gasteiger partial charge < -0.3 is 10.6 Å². The van der Waals surface area contributed by atoms with Gasteiger partial charge in [0.25, 0.3) is 0 Å². The normalized spacial score (nSPS) is 16.1. The van der Waals surface area contributed by atoms with Crippen LogP contribution in [0.2, 0.25) is 0 Å². The summed E-state index contributed by atoms with van der Waals surface area (Å²) in [6.45, 7) is 4.91. The van der Waals surface area contributed by atoms with Crippen molar-refractivity contribution in [2.45, 2.75) is 32.7 Å². The molecule has 0 bridgehead atoms. The van der Waals surface area contributed by atoms with Gasteiger partial charge in [-0.1, -0.05) is 0 Å². The number of anilines is 1. The van der Waals surface area contributed by atoms with Crippen molar-refractivity contribution in [3.63, 3.8) is 0 Å². The number of rotatable bonds is 4. The number of aromatic nitrogens is 2. The van der Waals surface area contributed by atoms with Crippen LogP contribution in [0.3, 0.4) is 0 Å². The van der Waals surface area contributed by atoms with Crippen LogP contribution in [0, 0.1) is 5.92 Å². The number of aryl methyl sites for hydroxylation is 1. The molecule has 1 aliphatic rings. The molecular weight excluding hydrogens is 252 g/mol. The number of amides is 1. The van der Waals surface area contributed by atoms with E-state index in [9.17, 15) is 4.79 Å². The molecule has 0 aromatic carbocycles. The van der Waals surface area contributed by atoms with Crippen LogP contribution in [-0.2, 0) is 11.3 Å². The number of nitrogens with one attached hydrogen (secondary N) is 2. The SMILES string of the molecule is CCn1ccc(NC(=O)CC2CCNCC2)n1.Cl. The maximum atomic E-state index is 11.8. The fourth-order valence-electron chi connectivity index (χ4n) is 2.15. The van der Waals surface area contributed by atoms with Crippen LogP contribution in [0.5, 0.6) is 0 Å². The quantitative estimate of drug-likeness (QED) is 0.876. The summed E-state index contributed by atoms with van der Waals surface area (Å²) in [5.74, 6) is 1.26. The summed E-state index contributed by atoms with van der Waals surface area (Å²) in [6.07, 6.45) is 4.68. The average molecular weight is 273 g/mol. The van der Waals surface area contributed by atoms with Crippen molar-refractivity contribution in [3.8, 4) is 0 Å². The predicted octanol–water partition coefficient (Wildman–Crippen LogP) is 1.65. The molecule has 5 nitrogen and oxygen atoms in total. The first-order valence-corrected chi connectivity index (χ1v) is 6.32. The molecule has 1 saturated heterocycles. The molecule has 0 aliphatic carbocycles. The van der Waals surface area contributed by atoms with Gasteiger partial charge in [-0.3, -0.25) is 9.48 Å². The fourth-order valence-corrected chi connectivity index (χ4v) is 2.15. The molecule has 102 valence electrons. The summed E-state index contributed by atoms with van der Waals surface area (Å²) >= 11 is 0. The van der Waals surface area contributed by atoms with E-state index in [0.29, 0.717) is 18.2 Å². The van der Waals surface area contributed by atoms with Gasteiger partial charge >= 0.3 is 0 Å².